The number of hydrogen-bond acceptors (Lipinski definition) is 6. The maximum absolute atomic E-state index is 14.4. The van der Waals surface area contributed by atoms with E-state index in [0.29, 0.717) is 30.2 Å². The average Bonchev–Trinajstić information content (AvgIpc) is 3.58. The first-order valence-corrected chi connectivity index (χ1v) is 15.7. The third-order valence-electron chi connectivity index (χ3n) is 9.04. The van der Waals surface area contributed by atoms with E-state index in [9.17, 15) is 19.5 Å². The van der Waals surface area contributed by atoms with Gasteiger partial charge in [0.25, 0.3) is 0 Å². The number of carbonyl (C=O) groups excluding carboxylic acids is 3. The lowest BCUT2D eigenvalue weighted by molar-refractivity contribution is -0.144. The Bertz CT molecular complexity index is 1550. The van der Waals surface area contributed by atoms with Crippen LogP contribution in [-0.2, 0) is 19.1 Å². The maximum atomic E-state index is 14.4. The van der Waals surface area contributed by atoms with Gasteiger partial charge in [0.2, 0.25) is 17.7 Å². The van der Waals surface area contributed by atoms with Crippen LogP contribution >= 0.6 is 15.9 Å². The number of halogens is 1. The lowest BCUT2D eigenvalue weighted by atomic mass is 9.70. The summed E-state index contributed by atoms with van der Waals surface area (Å²) in [5.74, 6) is -2.27. The van der Waals surface area contributed by atoms with Crippen LogP contribution in [0.3, 0.4) is 0 Å². The van der Waals surface area contributed by atoms with Crippen LogP contribution in [-0.4, -0.2) is 69.6 Å². The first-order chi connectivity index (χ1) is 20.7. The van der Waals surface area contributed by atoms with Crippen LogP contribution in [0.25, 0.3) is 10.8 Å². The lowest BCUT2D eigenvalue weighted by Crippen LogP contribution is -2.57. The first kappa shape index (κ1) is 29.6. The van der Waals surface area contributed by atoms with Gasteiger partial charge in [-0.1, -0.05) is 60.1 Å². The number of aliphatic hydroxyl groups is 1. The average molecular weight is 651 g/mol. The number of amides is 3. The molecule has 0 saturated carbocycles. The summed E-state index contributed by atoms with van der Waals surface area (Å²) in [4.78, 5) is 43.7. The van der Waals surface area contributed by atoms with Crippen molar-refractivity contribution in [2.75, 3.05) is 23.8 Å². The monoisotopic (exact) mass is 649 g/mol. The van der Waals surface area contributed by atoms with Gasteiger partial charge >= 0.3 is 0 Å². The van der Waals surface area contributed by atoms with Gasteiger partial charge in [-0.25, -0.2) is 0 Å². The number of anilines is 2. The normalized spacial score (nSPS) is 28.3. The Morgan fingerprint density at radius 1 is 1.05 bits per heavy atom. The highest BCUT2D eigenvalue weighted by molar-refractivity contribution is 9.09. The number of fused-ring (bicyclic) bond motifs is 2. The molecule has 3 unspecified atom stereocenters. The fraction of sp³-hybridized carbons (Fsp3) is 0.424. The number of nitrogens with zero attached hydrogens (tertiary/aromatic N) is 1. The van der Waals surface area contributed by atoms with Crippen LogP contribution < -0.4 is 15.4 Å². The number of ether oxygens (including phenoxy) is 2. The number of rotatable bonds is 9. The molecule has 1 spiro atoms. The molecule has 9 nitrogen and oxygen atoms in total. The van der Waals surface area contributed by atoms with Crippen LogP contribution in [0.4, 0.5) is 11.4 Å². The van der Waals surface area contributed by atoms with Crippen LogP contribution in [0.2, 0.25) is 0 Å². The summed E-state index contributed by atoms with van der Waals surface area (Å²) < 4.78 is 12.1. The number of hydrogen-bond donors (Lipinski definition) is 3. The van der Waals surface area contributed by atoms with E-state index in [2.05, 4.69) is 26.6 Å². The number of nitrogens with one attached hydrogen (secondary N) is 2. The number of carbonyl (C=O) groups is 3. The second-order valence-electron chi connectivity index (χ2n) is 11.9. The molecule has 3 N–H and O–H groups in total. The maximum Gasteiger partial charge on any atom is 0.250 e. The fourth-order valence-corrected chi connectivity index (χ4v) is 8.09. The molecule has 10 heteroatoms. The SMILES string of the molecule is CCOc1ccc(NC(=O)[C@H]2[C@H]3C(=O)N([C@@H](CO)C(C)C)C(C(=O)Nc4ccc5ccccc5c4)C34CC(Br)[C@@H]2O4)cc1. The van der Waals surface area contributed by atoms with Crippen molar-refractivity contribution < 1.29 is 29.0 Å². The standard InChI is InChI=1S/C33H36BrN3O6/c1-4-42-23-13-11-21(12-14-23)35-30(39)26-27-32(41)37(25(17-38)18(2)3)29(33(27)16-24(34)28(26)43-33)31(40)36-22-10-9-19-7-5-6-8-20(19)15-22/h5-15,18,24-29,38H,4,16-17H2,1-3H3,(H,35,39)(H,36,40)/t24?,25-,26-,27-,28-,29?,33?/m0/s1. The van der Waals surface area contributed by atoms with E-state index in [-0.39, 0.29) is 29.2 Å². The fourth-order valence-electron chi connectivity index (χ4n) is 7.15. The summed E-state index contributed by atoms with van der Waals surface area (Å²) in [6.45, 7) is 5.91. The molecular formula is C33H36BrN3O6. The van der Waals surface area contributed by atoms with E-state index in [4.69, 9.17) is 9.47 Å². The summed E-state index contributed by atoms with van der Waals surface area (Å²) in [7, 11) is 0. The Labute approximate surface area is 259 Å². The van der Waals surface area contributed by atoms with Crippen LogP contribution in [0.5, 0.6) is 5.75 Å². The van der Waals surface area contributed by atoms with E-state index >= 15 is 0 Å². The molecule has 3 amide bonds. The van der Waals surface area contributed by atoms with Crippen molar-refractivity contribution in [1.82, 2.24) is 4.90 Å². The summed E-state index contributed by atoms with van der Waals surface area (Å²) in [6, 6.07) is 18.9. The third kappa shape index (κ3) is 4.99. The minimum atomic E-state index is -1.24. The minimum absolute atomic E-state index is 0.145. The topological polar surface area (TPSA) is 117 Å². The first-order valence-electron chi connectivity index (χ1n) is 14.8. The van der Waals surface area contributed by atoms with Gasteiger partial charge in [-0.2, -0.15) is 0 Å². The van der Waals surface area contributed by atoms with Gasteiger partial charge in [0.05, 0.1) is 37.2 Å². The van der Waals surface area contributed by atoms with Crippen molar-refractivity contribution in [3.05, 3.63) is 66.7 Å². The second-order valence-corrected chi connectivity index (χ2v) is 13.1. The molecule has 43 heavy (non-hydrogen) atoms. The predicted octanol–water partition coefficient (Wildman–Crippen LogP) is 4.58. The van der Waals surface area contributed by atoms with Gasteiger partial charge < -0.3 is 30.1 Å². The van der Waals surface area contributed by atoms with Crippen molar-refractivity contribution in [2.45, 2.75) is 55.8 Å². The molecule has 0 radical (unpaired) electrons. The van der Waals surface area contributed by atoms with E-state index < -0.39 is 41.5 Å². The highest BCUT2D eigenvalue weighted by Gasteiger charge is 2.77. The van der Waals surface area contributed by atoms with Gasteiger partial charge in [-0.3, -0.25) is 14.4 Å². The smallest absolute Gasteiger partial charge is 0.250 e. The molecule has 226 valence electrons. The lowest BCUT2D eigenvalue weighted by Gasteiger charge is -2.38. The summed E-state index contributed by atoms with van der Waals surface area (Å²) >= 11 is 3.71. The van der Waals surface area contributed by atoms with E-state index in [1.54, 1.807) is 24.3 Å². The Morgan fingerprint density at radius 3 is 2.40 bits per heavy atom. The molecule has 3 aromatic carbocycles. The quantitative estimate of drug-likeness (QED) is 0.292. The molecule has 3 saturated heterocycles. The van der Waals surface area contributed by atoms with Crippen molar-refractivity contribution in [2.24, 2.45) is 17.8 Å². The Kier molecular flexibility index (Phi) is 7.95. The van der Waals surface area contributed by atoms with Gasteiger partial charge in [0, 0.05) is 16.2 Å². The van der Waals surface area contributed by atoms with Crippen molar-refractivity contribution >= 4 is 55.8 Å². The van der Waals surface area contributed by atoms with Crippen LogP contribution in [0.15, 0.2) is 66.7 Å². The molecule has 6 rings (SSSR count). The number of benzene rings is 3. The number of likely N-dealkylation sites (tertiary alicyclic amines) is 1. The molecule has 0 aliphatic carbocycles. The highest BCUT2D eigenvalue weighted by atomic mass is 79.9. The largest absolute Gasteiger partial charge is 0.494 e. The predicted molar refractivity (Wildman–Crippen MR) is 167 cm³/mol. The summed E-state index contributed by atoms with van der Waals surface area (Å²) in [5, 5.41) is 18.4. The van der Waals surface area contributed by atoms with E-state index in [0.717, 1.165) is 10.8 Å². The van der Waals surface area contributed by atoms with Crippen LogP contribution in [0.1, 0.15) is 27.2 Å². The Hall–Kier alpha value is -3.47. The second kappa shape index (κ2) is 11.6. The minimum Gasteiger partial charge on any atom is -0.494 e. The number of aliphatic hydroxyl groups excluding tert-OH is 1. The summed E-state index contributed by atoms with van der Waals surface area (Å²) in [5.41, 5.74) is -0.0755. The molecule has 2 bridgehead atoms. The highest BCUT2D eigenvalue weighted by Crippen LogP contribution is 2.60. The zero-order valence-corrected chi connectivity index (χ0v) is 25.9. The van der Waals surface area contributed by atoms with E-state index in [1.165, 1.54) is 4.90 Å². The Balaban J connectivity index is 1.34. The summed E-state index contributed by atoms with van der Waals surface area (Å²) in [6.07, 6.45) is -0.218. The van der Waals surface area contributed by atoms with Crippen LogP contribution in [0, 0.1) is 17.8 Å². The molecule has 3 heterocycles. The molecule has 0 aromatic heterocycles. The molecule has 3 aliphatic rings. The van der Waals surface area contributed by atoms with Crippen molar-refractivity contribution in [3.8, 4) is 5.75 Å². The molecule has 3 aliphatic heterocycles. The third-order valence-corrected chi connectivity index (χ3v) is 9.89. The molecular weight excluding hydrogens is 614 g/mol. The van der Waals surface area contributed by atoms with E-state index in [1.807, 2.05) is 63.2 Å². The molecule has 3 aromatic rings. The number of alkyl halides is 1. The molecule has 7 atom stereocenters. The van der Waals surface area contributed by atoms with Gasteiger partial charge in [0.15, 0.2) is 0 Å². The van der Waals surface area contributed by atoms with Gasteiger partial charge in [0.1, 0.15) is 17.4 Å². The zero-order chi connectivity index (χ0) is 30.5. The van der Waals surface area contributed by atoms with Gasteiger partial charge in [-0.05, 0) is 66.4 Å². The Morgan fingerprint density at radius 2 is 1.72 bits per heavy atom. The zero-order valence-electron chi connectivity index (χ0n) is 24.3. The van der Waals surface area contributed by atoms with Gasteiger partial charge in [-0.15, -0.1) is 0 Å². The molecule has 3 fully saturated rings. The van der Waals surface area contributed by atoms with Crippen molar-refractivity contribution in [3.63, 3.8) is 0 Å². The van der Waals surface area contributed by atoms with Crippen molar-refractivity contribution in [1.29, 1.82) is 0 Å².